The van der Waals surface area contributed by atoms with Crippen molar-refractivity contribution >= 4 is 44.0 Å². The largest absolute Gasteiger partial charge is 0.497 e. The minimum atomic E-state index is 0.535. The molecule has 1 N–H and O–H groups in total. The van der Waals surface area contributed by atoms with Crippen LogP contribution in [0.3, 0.4) is 0 Å². The van der Waals surface area contributed by atoms with Gasteiger partial charge in [0.05, 0.1) is 28.6 Å². The summed E-state index contributed by atoms with van der Waals surface area (Å²) in [5.74, 6) is 0.681. The highest BCUT2D eigenvalue weighted by atomic mass is 35.5. The minimum absolute atomic E-state index is 0.535. The van der Waals surface area contributed by atoms with Crippen LogP contribution in [0.25, 0.3) is 10.2 Å². The summed E-state index contributed by atoms with van der Waals surface area (Å²) in [4.78, 5) is 4.48. The number of benzene rings is 2. The van der Waals surface area contributed by atoms with Gasteiger partial charge in [0, 0.05) is 11.1 Å². The lowest BCUT2D eigenvalue weighted by atomic mass is 10.2. The number of rotatable bonds is 3. The first-order chi connectivity index (χ1) is 10.2. The highest BCUT2D eigenvalue weighted by molar-refractivity contribution is 7.22. The fourth-order valence-electron chi connectivity index (χ4n) is 1.92. The molecular formula is C15H10ClN3OS. The molecule has 0 saturated heterocycles. The van der Waals surface area contributed by atoms with Gasteiger partial charge in [-0.25, -0.2) is 4.98 Å². The van der Waals surface area contributed by atoms with Gasteiger partial charge in [-0.2, -0.15) is 5.26 Å². The van der Waals surface area contributed by atoms with Crippen LogP contribution in [-0.2, 0) is 0 Å². The van der Waals surface area contributed by atoms with E-state index in [1.165, 1.54) is 11.3 Å². The number of aromatic nitrogens is 1. The van der Waals surface area contributed by atoms with Gasteiger partial charge in [0.1, 0.15) is 11.8 Å². The molecule has 2 aromatic carbocycles. The molecule has 3 rings (SSSR count). The molecule has 21 heavy (non-hydrogen) atoms. The number of nitrogens with zero attached hydrogens (tertiary/aromatic N) is 2. The van der Waals surface area contributed by atoms with E-state index in [1.54, 1.807) is 31.4 Å². The van der Waals surface area contributed by atoms with Crippen LogP contribution in [0.4, 0.5) is 10.8 Å². The molecule has 1 heterocycles. The number of hydrogen-bond donors (Lipinski definition) is 1. The maximum atomic E-state index is 9.17. The third-order valence-corrected chi connectivity index (χ3v) is 4.11. The van der Waals surface area contributed by atoms with Crippen molar-refractivity contribution in [3.8, 4) is 11.8 Å². The van der Waals surface area contributed by atoms with Gasteiger partial charge >= 0.3 is 0 Å². The molecule has 4 nitrogen and oxygen atoms in total. The summed E-state index contributed by atoms with van der Waals surface area (Å²) in [6.45, 7) is 0. The zero-order chi connectivity index (χ0) is 14.8. The smallest absolute Gasteiger partial charge is 0.188 e. The SMILES string of the molecule is COc1ccc(C#N)c(Nc2nc3ccc(Cl)cc3s2)c1. The van der Waals surface area contributed by atoms with Crippen molar-refractivity contribution < 1.29 is 4.74 Å². The molecule has 0 unspecified atom stereocenters. The molecule has 0 atom stereocenters. The first-order valence-corrected chi connectivity index (χ1v) is 7.30. The van der Waals surface area contributed by atoms with E-state index in [0.29, 0.717) is 27.2 Å². The molecule has 0 saturated carbocycles. The van der Waals surface area contributed by atoms with E-state index in [1.807, 2.05) is 12.1 Å². The fourth-order valence-corrected chi connectivity index (χ4v) is 3.07. The summed E-state index contributed by atoms with van der Waals surface area (Å²) < 4.78 is 6.17. The Labute approximate surface area is 130 Å². The summed E-state index contributed by atoms with van der Waals surface area (Å²) in [6.07, 6.45) is 0. The summed E-state index contributed by atoms with van der Waals surface area (Å²) in [5.41, 5.74) is 2.07. The monoisotopic (exact) mass is 315 g/mol. The second-order valence-corrected chi connectivity index (χ2v) is 5.75. The lowest BCUT2D eigenvalue weighted by Crippen LogP contribution is -1.94. The van der Waals surface area contributed by atoms with Crippen molar-refractivity contribution in [3.05, 3.63) is 47.0 Å². The summed E-state index contributed by atoms with van der Waals surface area (Å²) in [7, 11) is 1.59. The Morgan fingerprint density at radius 1 is 1.29 bits per heavy atom. The van der Waals surface area contributed by atoms with Gasteiger partial charge in [-0.15, -0.1) is 0 Å². The molecule has 6 heteroatoms. The van der Waals surface area contributed by atoms with Crippen LogP contribution in [0.5, 0.6) is 5.75 Å². The lowest BCUT2D eigenvalue weighted by Gasteiger charge is -2.07. The van der Waals surface area contributed by atoms with E-state index in [4.69, 9.17) is 16.3 Å². The molecule has 0 amide bonds. The summed E-state index contributed by atoms with van der Waals surface area (Å²) in [6, 6.07) is 12.9. The predicted octanol–water partition coefficient (Wildman–Crippen LogP) is 4.57. The molecule has 0 aliphatic heterocycles. The Bertz CT molecular complexity index is 854. The third-order valence-electron chi connectivity index (χ3n) is 2.94. The van der Waals surface area contributed by atoms with E-state index in [-0.39, 0.29) is 0 Å². The van der Waals surface area contributed by atoms with Crippen LogP contribution in [0.2, 0.25) is 5.02 Å². The first-order valence-electron chi connectivity index (χ1n) is 6.11. The summed E-state index contributed by atoms with van der Waals surface area (Å²) in [5, 5.41) is 13.7. The van der Waals surface area contributed by atoms with Gasteiger partial charge in [0.15, 0.2) is 5.13 Å². The molecule has 0 aliphatic rings. The number of nitrogens with one attached hydrogen (secondary N) is 1. The first kappa shape index (κ1) is 13.7. The maximum Gasteiger partial charge on any atom is 0.188 e. The standard InChI is InChI=1S/C15H10ClN3OS/c1-20-11-4-2-9(8-17)13(7-11)19-15-18-12-5-3-10(16)6-14(12)21-15/h2-7H,1H3,(H,18,19). The molecule has 3 aromatic rings. The molecule has 0 radical (unpaired) electrons. The normalized spacial score (nSPS) is 10.3. The van der Waals surface area contributed by atoms with Crippen molar-refractivity contribution in [3.63, 3.8) is 0 Å². The van der Waals surface area contributed by atoms with Gasteiger partial charge in [-0.1, -0.05) is 22.9 Å². The lowest BCUT2D eigenvalue weighted by molar-refractivity contribution is 0.415. The number of nitriles is 1. The highest BCUT2D eigenvalue weighted by Crippen LogP contribution is 2.32. The molecular weight excluding hydrogens is 306 g/mol. The van der Waals surface area contributed by atoms with Crippen LogP contribution in [-0.4, -0.2) is 12.1 Å². The molecule has 0 aliphatic carbocycles. The highest BCUT2D eigenvalue weighted by Gasteiger charge is 2.08. The van der Waals surface area contributed by atoms with Gasteiger partial charge in [-0.3, -0.25) is 0 Å². The summed E-state index contributed by atoms with van der Waals surface area (Å²) >= 11 is 7.46. The van der Waals surface area contributed by atoms with Crippen LogP contribution < -0.4 is 10.1 Å². The van der Waals surface area contributed by atoms with E-state index >= 15 is 0 Å². The minimum Gasteiger partial charge on any atom is -0.497 e. The van der Waals surface area contributed by atoms with Gasteiger partial charge < -0.3 is 10.1 Å². The average Bonchev–Trinajstić information content (AvgIpc) is 2.88. The van der Waals surface area contributed by atoms with Crippen molar-refractivity contribution in [2.24, 2.45) is 0 Å². The molecule has 0 spiro atoms. The Kier molecular flexibility index (Phi) is 3.65. The molecule has 104 valence electrons. The number of halogens is 1. The van der Waals surface area contributed by atoms with Crippen LogP contribution in [0.1, 0.15) is 5.56 Å². The van der Waals surface area contributed by atoms with Crippen molar-refractivity contribution in [2.45, 2.75) is 0 Å². The van der Waals surface area contributed by atoms with Crippen molar-refractivity contribution in [1.29, 1.82) is 5.26 Å². The topological polar surface area (TPSA) is 57.9 Å². The number of thiazole rings is 1. The molecule has 1 aromatic heterocycles. The van der Waals surface area contributed by atoms with Crippen molar-refractivity contribution in [2.75, 3.05) is 12.4 Å². The van der Waals surface area contributed by atoms with E-state index in [2.05, 4.69) is 16.4 Å². The van der Waals surface area contributed by atoms with Crippen LogP contribution in [0.15, 0.2) is 36.4 Å². The Morgan fingerprint density at radius 3 is 2.90 bits per heavy atom. The van der Waals surface area contributed by atoms with Gasteiger partial charge in [-0.05, 0) is 30.3 Å². The maximum absolute atomic E-state index is 9.17. The quantitative estimate of drug-likeness (QED) is 0.769. The Morgan fingerprint density at radius 2 is 2.14 bits per heavy atom. The Hall–Kier alpha value is -2.29. The second-order valence-electron chi connectivity index (χ2n) is 4.28. The van der Waals surface area contributed by atoms with E-state index in [0.717, 1.165) is 10.2 Å². The van der Waals surface area contributed by atoms with Crippen molar-refractivity contribution in [1.82, 2.24) is 4.98 Å². The Balaban J connectivity index is 2.00. The average molecular weight is 316 g/mol. The van der Waals surface area contributed by atoms with Gasteiger partial charge in [0.25, 0.3) is 0 Å². The van der Waals surface area contributed by atoms with Gasteiger partial charge in [0.2, 0.25) is 0 Å². The number of anilines is 2. The second kappa shape index (κ2) is 5.60. The zero-order valence-electron chi connectivity index (χ0n) is 11.1. The number of ether oxygens (including phenoxy) is 1. The number of fused-ring (bicyclic) bond motifs is 1. The molecule has 0 fully saturated rings. The van der Waals surface area contributed by atoms with E-state index < -0.39 is 0 Å². The predicted molar refractivity (Wildman–Crippen MR) is 85.6 cm³/mol. The van der Waals surface area contributed by atoms with Crippen LogP contribution in [0, 0.1) is 11.3 Å². The van der Waals surface area contributed by atoms with Crippen LogP contribution >= 0.6 is 22.9 Å². The number of methoxy groups -OCH3 is 1. The number of hydrogen-bond acceptors (Lipinski definition) is 5. The fraction of sp³-hybridized carbons (Fsp3) is 0.0667. The third kappa shape index (κ3) is 2.77. The van der Waals surface area contributed by atoms with E-state index in [9.17, 15) is 5.26 Å². The molecule has 0 bridgehead atoms. The zero-order valence-corrected chi connectivity index (χ0v) is 12.6.